The molecule has 1 atom stereocenters. The molecule has 0 bridgehead atoms. The molecule has 162 valence electrons. The van der Waals surface area contributed by atoms with Crippen molar-refractivity contribution in [3.63, 3.8) is 0 Å². The Morgan fingerprint density at radius 2 is 1.57 bits per heavy atom. The minimum Gasteiger partial charge on any atom is -0.350 e. The molecule has 0 aliphatic rings. The maximum absolute atomic E-state index is 12.4. The third kappa shape index (κ3) is 7.07. The van der Waals surface area contributed by atoms with Crippen molar-refractivity contribution in [3.8, 4) is 11.1 Å². The lowest BCUT2D eigenvalue weighted by Crippen LogP contribution is -2.50. The van der Waals surface area contributed by atoms with E-state index in [-0.39, 0.29) is 11.8 Å². The largest absolute Gasteiger partial charge is 0.350 e. The lowest BCUT2D eigenvalue weighted by molar-refractivity contribution is -0.125. The van der Waals surface area contributed by atoms with E-state index in [1.54, 1.807) is 32.9 Å². The minimum atomic E-state index is -4.01. The van der Waals surface area contributed by atoms with Gasteiger partial charge in [0.25, 0.3) is 10.1 Å². The Morgan fingerprint density at radius 3 is 2.13 bits per heavy atom. The first-order valence-corrected chi connectivity index (χ1v) is 11.5. The minimum absolute atomic E-state index is 0.215. The van der Waals surface area contributed by atoms with Crippen LogP contribution in [0, 0.1) is 5.92 Å². The van der Waals surface area contributed by atoms with Gasteiger partial charge in [0.05, 0.1) is 11.3 Å². The summed E-state index contributed by atoms with van der Waals surface area (Å²) in [4.78, 5) is 24.4. The van der Waals surface area contributed by atoms with Gasteiger partial charge in [-0.2, -0.15) is 8.42 Å². The van der Waals surface area contributed by atoms with Crippen molar-refractivity contribution >= 4 is 21.8 Å². The quantitative estimate of drug-likeness (QED) is 0.456. The number of hydrogen-bond donors (Lipinski definition) is 1. The van der Waals surface area contributed by atoms with Gasteiger partial charge in [0.15, 0.2) is 5.78 Å². The highest BCUT2D eigenvalue weighted by Gasteiger charge is 2.30. The van der Waals surface area contributed by atoms with Crippen molar-refractivity contribution in [3.05, 3.63) is 60.2 Å². The Hall–Kier alpha value is -2.51. The van der Waals surface area contributed by atoms with Gasteiger partial charge in [-0.1, -0.05) is 68.4 Å². The third-order valence-corrected chi connectivity index (χ3v) is 6.29. The average Bonchev–Trinajstić information content (AvgIpc) is 2.71. The third-order valence-electron chi connectivity index (χ3n) is 4.74. The van der Waals surface area contributed by atoms with Crippen LogP contribution in [0.1, 0.15) is 44.5 Å². The number of nitrogens with one attached hydrogen (secondary N) is 1. The fourth-order valence-corrected chi connectivity index (χ4v) is 4.19. The molecule has 0 aliphatic heterocycles. The predicted molar refractivity (Wildman–Crippen MR) is 118 cm³/mol. The Labute approximate surface area is 178 Å². The van der Waals surface area contributed by atoms with E-state index in [4.69, 9.17) is 4.18 Å². The Balaban J connectivity index is 1.95. The van der Waals surface area contributed by atoms with Crippen LogP contribution in [0.25, 0.3) is 11.1 Å². The van der Waals surface area contributed by atoms with Crippen molar-refractivity contribution in [1.82, 2.24) is 5.32 Å². The predicted octanol–water partition coefficient (Wildman–Crippen LogP) is 3.82. The summed E-state index contributed by atoms with van der Waals surface area (Å²) in [6.45, 7) is 6.30. The molecule has 0 spiro atoms. The molecule has 0 radical (unpaired) electrons. The second-order valence-corrected chi connectivity index (χ2v) is 9.65. The number of carbonyl (C=O) groups is 2. The molecule has 0 heterocycles. The van der Waals surface area contributed by atoms with Gasteiger partial charge in [0.1, 0.15) is 6.61 Å². The Morgan fingerprint density at radius 1 is 1.00 bits per heavy atom. The van der Waals surface area contributed by atoms with Crippen molar-refractivity contribution in [2.45, 2.75) is 39.7 Å². The molecule has 2 aromatic carbocycles. The maximum atomic E-state index is 12.4. The molecule has 0 saturated carbocycles. The topological polar surface area (TPSA) is 89.5 Å². The van der Waals surface area contributed by atoms with E-state index >= 15 is 0 Å². The van der Waals surface area contributed by atoms with Crippen LogP contribution >= 0.6 is 0 Å². The molecule has 0 aromatic heterocycles. The molecule has 7 heteroatoms. The molecule has 0 aliphatic carbocycles. The Kier molecular flexibility index (Phi) is 7.92. The monoisotopic (exact) mass is 431 g/mol. The van der Waals surface area contributed by atoms with E-state index in [2.05, 4.69) is 5.32 Å². The molecule has 1 amide bonds. The van der Waals surface area contributed by atoms with Crippen LogP contribution in [0.5, 0.6) is 0 Å². The first-order chi connectivity index (χ1) is 14.0. The summed E-state index contributed by atoms with van der Waals surface area (Å²) in [7, 11) is -4.01. The summed E-state index contributed by atoms with van der Waals surface area (Å²) in [5.41, 5.74) is 1.34. The van der Waals surface area contributed by atoms with Crippen LogP contribution in [0.4, 0.5) is 0 Å². The summed E-state index contributed by atoms with van der Waals surface area (Å²) in [5, 5.41) is 2.72. The number of rotatable bonds is 10. The highest BCUT2D eigenvalue weighted by atomic mass is 32.2. The number of Topliss-reactive ketones (excluding diaryl/α,β-unsaturated/α-hetero) is 1. The van der Waals surface area contributed by atoms with Crippen molar-refractivity contribution < 1.29 is 22.2 Å². The van der Waals surface area contributed by atoms with E-state index in [1.807, 2.05) is 49.4 Å². The van der Waals surface area contributed by atoms with E-state index in [0.29, 0.717) is 12.0 Å². The first kappa shape index (κ1) is 23.8. The van der Waals surface area contributed by atoms with Gasteiger partial charge < -0.3 is 5.32 Å². The standard InChI is InChI=1S/C23H29NO5S/c1-5-17(2)22(26)24-23(3,4)16-30(27,28)29-15-21(25)20-13-11-19(12-14-20)18-9-7-6-8-10-18/h6-14,17H,5,15-16H2,1-4H3,(H,24,26). The Bertz CT molecular complexity index is 966. The number of benzene rings is 2. The highest BCUT2D eigenvalue weighted by molar-refractivity contribution is 7.86. The van der Waals surface area contributed by atoms with E-state index in [1.165, 1.54) is 0 Å². The van der Waals surface area contributed by atoms with E-state index < -0.39 is 33.8 Å². The van der Waals surface area contributed by atoms with Gasteiger partial charge in [0, 0.05) is 11.5 Å². The van der Waals surface area contributed by atoms with Crippen LogP contribution in [0.3, 0.4) is 0 Å². The zero-order valence-electron chi connectivity index (χ0n) is 17.8. The van der Waals surface area contributed by atoms with Crippen LogP contribution < -0.4 is 5.32 Å². The summed E-state index contributed by atoms with van der Waals surface area (Å²) in [6, 6.07) is 16.6. The normalized spacial score (nSPS) is 12.9. The maximum Gasteiger partial charge on any atom is 0.270 e. The second-order valence-electron chi connectivity index (χ2n) is 8.01. The SMILES string of the molecule is CCC(C)C(=O)NC(C)(C)CS(=O)(=O)OCC(=O)c1ccc(-c2ccccc2)cc1. The highest BCUT2D eigenvalue weighted by Crippen LogP contribution is 2.19. The summed E-state index contributed by atoms with van der Waals surface area (Å²) < 4.78 is 29.6. The van der Waals surface area contributed by atoms with Crippen molar-refractivity contribution in [2.24, 2.45) is 5.92 Å². The number of hydrogen-bond acceptors (Lipinski definition) is 5. The van der Waals surface area contributed by atoms with Gasteiger partial charge in [-0.25, -0.2) is 0 Å². The van der Waals surface area contributed by atoms with Gasteiger partial charge in [-0.15, -0.1) is 0 Å². The zero-order chi connectivity index (χ0) is 22.4. The van der Waals surface area contributed by atoms with Crippen LogP contribution in [0.2, 0.25) is 0 Å². The van der Waals surface area contributed by atoms with Crippen molar-refractivity contribution in [2.75, 3.05) is 12.4 Å². The summed E-state index contributed by atoms with van der Waals surface area (Å²) >= 11 is 0. The van der Waals surface area contributed by atoms with Gasteiger partial charge >= 0.3 is 0 Å². The molecule has 6 nitrogen and oxygen atoms in total. The molecule has 30 heavy (non-hydrogen) atoms. The second kappa shape index (κ2) is 10.00. The van der Waals surface area contributed by atoms with Crippen LogP contribution in [-0.2, 0) is 19.1 Å². The fraction of sp³-hybridized carbons (Fsp3) is 0.391. The molecule has 0 saturated heterocycles. The van der Waals surface area contributed by atoms with Crippen LogP contribution in [-0.4, -0.2) is 38.0 Å². The average molecular weight is 432 g/mol. The lowest BCUT2D eigenvalue weighted by Gasteiger charge is -2.27. The van der Waals surface area contributed by atoms with Gasteiger partial charge in [-0.05, 0) is 31.4 Å². The lowest BCUT2D eigenvalue weighted by atomic mass is 10.0. The molecular weight excluding hydrogens is 402 g/mol. The first-order valence-electron chi connectivity index (χ1n) is 9.91. The molecule has 0 fully saturated rings. The smallest absolute Gasteiger partial charge is 0.270 e. The molecule has 2 aromatic rings. The summed E-state index contributed by atoms with van der Waals surface area (Å²) in [6.07, 6.45) is 0.655. The van der Waals surface area contributed by atoms with E-state index in [9.17, 15) is 18.0 Å². The summed E-state index contributed by atoms with van der Waals surface area (Å²) in [5.74, 6) is -1.29. The number of amides is 1. The molecular formula is C23H29NO5S. The molecule has 1 unspecified atom stereocenters. The van der Waals surface area contributed by atoms with E-state index in [0.717, 1.165) is 11.1 Å². The number of carbonyl (C=O) groups excluding carboxylic acids is 2. The zero-order valence-corrected chi connectivity index (χ0v) is 18.7. The van der Waals surface area contributed by atoms with Gasteiger partial charge in [-0.3, -0.25) is 13.8 Å². The molecule has 1 N–H and O–H groups in total. The fourth-order valence-electron chi connectivity index (χ4n) is 2.87. The van der Waals surface area contributed by atoms with Crippen molar-refractivity contribution in [1.29, 1.82) is 0 Å². The van der Waals surface area contributed by atoms with Crippen LogP contribution in [0.15, 0.2) is 54.6 Å². The number of ketones is 1. The molecule has 2 rings (SSSR count). The van der Waals surface area contributed by atoms with Gasteiger partial charge in [0.2, 0.25) is 5.91 Å².